The minimum Gasteiger partial charge on any atom is -0.497 e. The number of amides is 1. The maximum atomic E-state index is 12.3. The molecule has 2 aromatic carbocycles. The fourth-order valence-corrected chi connectivity index (χ4v) is 2.93. The van der Waals surface area contributed by atoms with Gasteiger partial charge < -0.3 is 10.1 Å². The van der Waals surface area contributed by atoms with E-state index in [2.05, 4.69) is 5.32 Å². The lowest BCUT2D eigenvalue weighted by atomic mass is 10.2. The van der Waals surface area contributed by atoms with Gasteiger partial charge in [-0.05, 0) is 55.8 Å². The summed E-state index contributed by atoms with van der Waals surface area (Å²) in [5.41, 5.74) is 1.62. The molecule has 0 aliphatic rings. The number of hydrogen-bond donors (Lipinski definition) is 1. The highest BCUT2D eigenvalue weighted by Gasteiger charge is 2.16. The molecule has 0 aliphatic carbocycles. The van der Waals surface area contributed by atoms with E-state index in [0.29, 0.717) is 5.02 Å². The van der Waals surface area contributed by atoms with Crippen LogP contribution in [0, 0.1) is 6.92 Å². The molecule has 0 radical (unpaired) electrons. The van der Waals surface area contributed by atoms with Crippen LogP contribution < -0.4 is 10.1 Å². The maximum absolute atomic E-state index is 12.3. The SMILES string of the molecule is COc1ccc(S[C@@H](C)C(=O)Nc2cccc(Cl)c2C)cc1. The van der Waals surface area contributed by atoms with Crippen molar-refractivity contribution in [3.63, 3.8) is 0 Å². The van der Waals surface area contributed by atoms with Crippen LogP contribution in [0.25, 0.3) is 0 Å². The second kappa shape index (κ2) is 7.56. The first-order valence-electron chi connectivity index (χ1n) is 6.88. The molecule has 0 spiro atoms. The lowest BCUT2D eigenvalue weighted by Crippen LogP contribution is -2.22. The third kappa shape index (κ3) is 4.18. The van der Waals surface area contributed by atoms with E-state index in [1.54, 1.807) is 7.11 Å². The van der Waals surface area contributed by atoms with Crippen LogP contribution in [0.2, 0.25) is 5.02 Å². The normalized spacial score (nSPS) is 11.8. The first kappa shape index (κ1) is 16.7. The quantitative estimate of drug-likeness (QED) is 0.799. The standard InChI is InChI=1S/C17H18ClNO2S/c1-11-15(18)5-4-6-16(11)19-17(20)12(2)22-14-9-7-13(21-3)8-10-14/h4-10,12H,1-3H3,(H,19,20)/t12-/m0/s1. The fraction of sp³-hybridized carbons (Fsp3) is 0.235. The van der Waals surface area contributed by atoms with Crippen molar-refractivity contribution in [3.05, 3.63) is 53.1 Å². The number of benzene rings is 2. The van der Waals surface area contributed by atoms with Crippen molar-refractivity contribution in [2.45, 2.75) is 24.0 Å². The Hall–Kier alpha value is -1.65. The van der Waals surface area contributed by atoms with Gasteiger partial charge in [-0.2, -0.15) is 0 Å². The number of thioether (sulfide) groups is 1. The molecule has 0 saturated heterocycles. The highest BCUT2D eigenvalue weighted by Crippen LogP contribution is 2.27. The predicted octanol–water partition coefficient (Wildman–Crippen LogP) is 4.78. The summed E-state index contributed by atoms with van der Waals surface area (Å²) in [4.78, 5) is 13.3. The van der Waals surface area contributed by atoms with Crippen LogP contribution in [-0.4, -0.2) is 18.3 Å². The summed E-state index contributed by atoms with van der Waals surface area (Å²) in [5.74, 6) is 0.752. The first-order valence-corrected chi connectivity index (χ1v) is 8.13. The lowest BCUT2D eigenvalue weighted by Gasteiger charge is -2.14. The summed E-state index contributed by atoms with van der Waals surface area (Å²) in [6.07, 6.45) is 0. The number of anilines is 1. The van der Waals surface area contributed by atoms with Crippen LogP contribution in [0.4, 0.5) is 5.69 Å². The molecule has 3 nitrogen and oxygen atoms in total. The predicted molar refractivity (Wildman–Crippen MR) is 93.1 cm³/mol. The average molecular weight is 336 g/mol. The van der Waals surface area contributed by atoms with Gasteiger partial charge in [-0.3, -0.25) is 4.79 Å². The van der Waals surface area contributed by atoms with Gasteiger partial charge in [0.15, 0.2) is 0 Å². The number of carbonyl (C=O) groups excluding carboxylic acids is 1. The van der Waals surface area contributed by atoms with E-state index in [4.69, 9.17) is 16.3 Å². The molecule has 0 saturated carbocycles. The second-order valence-electron chi connectivity index (χ2n) is 4.84. The van der Waals surface area contributed by atoms with Gasteiger partial charge in [-0.25, -0.2) is 0 Å². The Morgan fingerprint density at radius 3 is 2.55 bits per heavy atom. The number of rotatable bonds is 5. The van der Waals surface area contributed by atoms with E-state index in [1.807, 2.05) is 56.3 Å². The molecule has 2 aromatic rings. The van der Waals surface area contributed by atoms with E-state index in [-0.39, 0.29) is 11.2 Å². The van der Waals surface area contributed by atoms with E-state index in [0.717, 1.165) is 21.9 Å². The zero-order valence-electron chi connectivity index (χ0n) is 12.7. The molecule has 0 bridgehead atoms. The molecule has 1 amide bonds. The number of ether oxygens (including phenoxy) is 1. The van der Waals surface area contributed by atoms with Crippen LogP contribution in [0.3, 0.4) is 0 Å². The van der Waals surface area contributed by atoms with Gasteiger partial charge in [0.1, 0.15) is 5.75 Å². The van der Waals surface area contributed by atoms with E-state index in [9.17, 15) is 4.79 Å². The Morgan fingerprint density at radius 1 is 1.23 bits per heavy atom. The highest BCUT2D eigenvalue weighted by atomic mass is 35.5. The minimum absolute atomic E-state index is 0.0498. The molecule has 0 aromatic heterocycles. The summed E-state index contributed by atoms with van der Waals surface area (Å²) in [6.45, 7) is 3.77. The molecule has 2 rings (SSSR count). The average Bonchev–Trinajstić information content (AvgIpc) is 2.52. The Morgan fingerprint density at radius 2 is 1.91 bits per heavy atom. The molecule has 1 N–H and O–H groups in total. The van der Waals surface area contributed by atoms with Gasteiger partial charge in [0.05, 0.1) is 12.4 Å². The molecule has 5 heteroatoms. The van der Waals surface area contributed by atoms with E-state index < -0.39 is 0 Å². The van der Waals surface area contributed by atoms with Gasteiger partial charge in [-0.15, -0.1) is 11.8 Å². The smallest absolute Gasteiger partial charge is 0.237 e. The summed E-state index contributed by atoms with van der Waals surface area (Å²) in [6, 6.07) is 13.1. The van der Waals surface area contributed by atoms with Crippen molar-refractivity contribution in [1.82, 2.24) is 0 Å². The summed E-state index contributed by atoms with van der Waals surface area (Å²) in [7, 11) is 1.63. The summed E-state index contributed by atoms with van der Waals surface area (Å²) in [5, 5.41) is 3.36. The number of nitrogens with one attached hydrogen (secondary N) is 1. The second-order valence-corrected chi connectivity index (χ2v) is 6.66. The number of hydrogen-bond acceptors (Lipinski definition) is 3. The molecule has 116 valence electrons. The van der Waals surface area contributed by atoms with Gasteiger partial charge in [0.25, 0.3) is 0 Å². The van der Waals surface area contributed by atoms with Crippen molar-refractivity contribution < 1.29 is 9.53 Å². The first-order chi connectivity index (χ1) is 10.5. The van der Waals surface area contributed by atoms with Crippen LogP contribution in [-0.2, 0) is 4.79 Å². The van der Waals surface area contributed by atoms with Gasteiger partial charge in [0, 0.05) is 15.6 Å². The van der Waals surface area contributed by atoms with Crippen molar-refractivity contribution in [1.29, 1.82) is 0 Å². The Bertz CT molecular complexity index is 658. The van der Waals surface area contributed by atoms with Crippen LogP contribution in [0.5, 0.6) is 5.75 Å². The zero-order valence-corrected chi connectivity index (χ0v) is 14.3. The Balaban J connectivity index is 2.01. The maximum Gasteiger partial charge on any atom is 0.237 e. The zero-order chi connectivity index (χ0) is 16.1. The van der Waals surface area contributed by atoms with Crippen molar-refractivity contribution >= 4 is 35.0 Å². The summed E-state index contributed by atoms with van der Waals surface area (Å²) < 4.78 is 5.12. The molecule has 0 fully saturated rings. The van der Waals surface area contributed by atoms with Crippen molar-refractivity contribution in [2.24, 2.45) is 0 Å². The molecule has 0 aliphatic heterocycles. The molecule has 1 atom stereocenters. The minimum atomic E-state index is -0.216. The molecule has 22 heavy (non-hydrogen) atoms. The third-order valence-corrected chi connectivity index (χ3v) is 4.79. The third-order valence-electron chi connectivity index (χ3n) is 3.27. The molecule has 0 unspecified atom stereocenters. The van der Waals surface area contributed by atoms with Gasteiger partial charge in [0.2, 0.25) is 5.91 Å². The summed E-state index contributed by atoms with van der Waals surface area (Å²) >= 11 is 7.57. The molecular weight excluding hydrogens is 318 g/mol. The Labute approximate surface area is 140 Å². The van der Waals surface area contributed by atoms with Crippen LogP contribution in [0.1, 0.15) is 12.5 Å². The molecular formula is C17H18ClNO2S. The highest BCUT2D eigenvalue weighted by molar-refractivity contribution is 8.00. The van der Waals surface area contributed by atoms with E-state index >= 15 is 0 Å². The fourth-order valence-electron chi connectivity index (χ4n) is 1.89. The number of methoxy groups -OCH3 is 1. The monoisotopic (exact) mass is 335 g/mol. The van der Waals surface area contributed by atoms with Gasteiger partial charge >= 0.3 is 0 Å². The van der Waals surface area contributed by atoms with Crippen molar-refractivity contribution in [3.8, 4) is 5.75 Å². The van der Waals surface area contributed by atoms with Crippen molar-refractivity contribution in [2.75, 3.05) is 12.4 Å². The topological polar surface area (TPSA) is 38.3 Å². The Kier molecular flexibility index (Phi) is 5.75. The van der Waals surface area contributed by atoms with Gasteiger partial charge in [-0.1, -0.05) is 17.7 Å². The lowest BCUT2D eigenvalue weighted by molar-refractivity contribution is -0.115. The molecule has 0 heterocycles. The van der Waals surface area contributed by atoms with Crippen LogP contribution in [0.15, 0.2) is 47.4 Å². The van der Waals surface area contributed by atoms with Crippen LogP contribution >= 0.6 is 23.4 Å². The number of halogens is 1. The number of carbonyl (C=O) groups is 1. The van der Waals surface area contributed by atoms with E-state index in [1.165, 1.54) is 11.8 Å². The largest absolute Gasteiger partial charge is 0.497 e.